The summed E-state index contributed by atoms with van der Waals surface area (Å²) in [5, 5.41) is 3.93. The molecule has 2 aromatic carbocycles. The summed E-state index contributed by atoms with van der Waals surface area (Å²) < 4.78 is 0. The van der Waals surface area contributed by atoms with E-state index in [4.69, 9.17) is 11.6 Å². The second kappa shape index (κ2) is 5.78. The first-order chi connectivity index (χ1) is 8.69. The Kier molecular flexibility index (Phi) is 4.11. The zero-order valence-electron chi connectivity index (χ0n) is 10.7. The van der Waals surface area contributed by atoms with Crippen molar-refractivity contribution in [3.63, 3.8) is 0 Å². The lowest BCUT2D eigenvalue weighted by atomic mass is 10.2. The van der Waals surface area contributed by atoms with Crippen LogP contribution in [0.1, 0.15) is 5.56 Å². The van der Waals surface area contributed by atoms with Crippen LogP contribution in [-0.4, -0.2) is 14.1 Å². The number of nitrogens with one attached hydrogen (secondary N) is 1. The molecule has 0 atom stereocenters. The van der Waals surface area contributed by atoms with Gasteiger partial charge in [-0.3, -0.25) is 0 Å². The zero-order valence-corrected chi connectivity index (χ0v) is 11.4. The molecule has 0 saturated heterocycles. The topological polar surface area (TPSA) is 15.3 Å². The Labute approximate surface area is 113 Å². The summed E-state index contributed by atoms with van der Waals surface area (Å²) in [6, 6.07) is 16.3. The van der Waals surface area contributed by atoms with Gasteiger partial charge < -0.3 is 10.2 Å². The first kappa shape index (κ1) is 12.8. The molecule has 0 spiro atoms. The summed E-state index contributed by atoms with van der Waals surface area (Å²) in [5.41, 5.74) is 3.56. The zero-order chi connectivity index (χ0) is 13.0. The highest BCUT2D eigenvalue weighted by Gasteiger charge is 2.02. The number of benzene rings is 2. The van der Waals surface area contributed by atoms with Gasteiger partial charge in [-0.15, -0.1) is 0 Å². The highest BCUT2D eigenvalue weighted by Crippen LogP contribution is 2.20. The van der Waals surface area contributed by atoms with E-state index >= 15 is 0 Å². The number of rotatable bonds is 4. The third-order valence-corrected chi connectivity index (χ3v) is 3.16. The predicted octanol–water partition coefficient (Wildman–Crippen LogP) is 4.02. The lowest BCUT2D eigenvalue weighted by Crippen LogP contribution is -2.16. The summed E-state index contributed by atoms with van der Waals surface area (Å²) in [4.78, 5) is 2.21. The van der Waals surface area contributed by atoms with E-state index in [1.807, 2.05) is 19.2 Å². The summed E-state index contributed by atoms with van der Waals surface area (Å²) in [6.07, 6.45) is 0. The first-order valence-electron chi connectivity index (χ1n) is 5.92. The van der Waals surface area contributed by atoms with Crippen molar-refractivity contribution in [2.24, 2.45) is 0 Å². The van der Waals surface area contributed by atoms with Crippen molar-refractivity contribution in [1.82, 2.24) is 0 Å². The lowest BCUT2D eigenvalue weighted by molar-refractivity contribution is 0.923. The van der Waals surface area contributed by atoms with Crippen molar-refractivity contribution in [2.45, 2.75) is 6.54 Å². The molecule has 2 nitrogen and oxygen atoms in total. The third-order valence-electron chi connectivity index (χ3n) is 2.91. The minimum atomic E-state index is 0.776. The van der Waals surface area contributed by atoms with Crippen molar-refractivity contribution >= 4 is 23.0 Å². The number of hydrogen-bond acceptors (Lipinski definition) is 2. The van der Waals surface area contributed by atoms with Crippen LogP contribution >= 0.6 is 11.6 Å². The van der Waals surface area contributed by atoms with Crippen molar-refractivity contribution in [1.29, 1.82) is 0 Å². The van der Waals surface area contributed by atoms with E-state index in [1.165, 1.54) is 11.3 Å². The quantitative estimate of drug-likeness (QED) is 0.893. The molecule has 0 unspecified atom stereocenters. The molecule has 0 aromatic heterocycles. The lowest BCUT2D eigenvalue weighted by Gasteiger charge is -2.20. The molecule has 1 N–H and O–H groups in total. The summed E-state index contributed by atoms with van der Waals surface area (Å²) in [6.45, 7) is 0.865. The Hall–Kier alpha value is -1.67. The largest absolute Gasteiger partial charge is 0.388 e. The monoisotopic (exact) mass is 260 g/mol. The van der Waals surface area contributed by atoms with Gasteiger partial charge in [0.1, 0.15) is 0 Å². The van der Waals surface area contributed by atoms with Gasteiger partial charge in [-0.05, 0) is 35.9 Å². The third kappa shape index (κ3) is 3.17. The number of halogens is 1. The molecule has 0 saturated carbocycles. The van der Waals surface area contributed by atoms with Crippen molar-refractivity contribution in [3.8, 4) is 0 Å². The fourth-order valence-electron chi connectivity index (χ4n) is 1.85. The van der Waals surface area contributed by atoms with Crippen LogP contribution in [0.25, 0.3) is 0 Å². The average Bonchev–Trinajstić information content (AvgIpc) is 2.41. The molecule has 2 aromatic rings. The molecule has 94 valence electrons. The van der Waals surface area contributed by atoms with Crippen LogP contribution in [-0.2, 0) is 6.54 Å². The second-order valence-electron chi connectivity index (χ2n) is 4.28. The Morgan fingerprint density at radius 3 is 2.50 bits per heavy atom. The van der Waals surface area contributed by atoms with Crippen molar-refractivity contribution < 1.29 is 0 Å². The van der Waals surface area contributed by atoms with E-state index < -0.39 is 0 Å². The van der Waals surface area contributed by atoms with Crippen molar-refractivity contribution in [3.05, 3.63) is 59.1 Å². The fraction of sp³-hybridized carbons (Fsp3) is 0.200. The number of nitrogens with zero attached hydrogens (tertiary/aromatic N) is 1. The van der Waals surface area contributed by atoms with Crippen LogP contribution in [0.4, 0.5) is 11.4 Å². The van der Waals surface area contributed by atoms with Crippen molar-refractivity contribution in [2.75, 3.05) is 24.3 Å². The van der Waals surface area contributed by atoms with Crippen LogP contribution in [0.3, 0.4) is 0 Å². The Morgan fingerprint density at radius 2 is 1.83 bits per heavy atom. The standard InChI is InChI=1S/C15H17ClN2/c1-17-14-4-3-5-15(10-14)18(2)11-12-6-8-13(16)9-7-12/h3-10,17H,11H2,1-2H3. The normalized spacial score (nSPS) is 10.2. The van der Waals surface area contributed by atoms with Crippen LogP contribution in [0.15, 0.2) is 48.5 Å². The summed E-state index contributed by atoms with van der Waals surface area (Å²) in [7, 11) is 4.02. The smallest absolute Gasteiger partial charge is 0.0426 e. The highest BCUT2D eigenvalue weighted by molar-refractivity contribution is 6.30. The number of hydrogen-bond donors (Lipinski definition) is 1. The molecule has 18 heavy (non-hydrogen) atoms. The summed E-state index contributed by atoms with van der Waals surface area (Å²) in [5.74, 6) is 0. The van der Waals surface area contributed by atoms with E-state index in [0.29, 0.717) is 0 Å². The minimum Gasteiger partial charge on any atom is -0.388 e. The molecule has 0 aliphatic heterocycles. The van der Waals surface area contributed by atoms with E-state index in [0.717, 1.165) is 17.3 Å². The van der Waals surface area contributed by atoms with Gasteiger partial charge in [-0.2, -0.15) is 0 Å². The van der Waals surface area contributed by atoms with Crippen LogP contribution in [0, 0.1) is 0 Å². The van der Waals surface area contributed by atoms with E-state index in [1.54, 1.807) is 0 Å². The number of anilines is 2. The molecular weight excluding hydrogens is 244 g/mol. The maximum absolute atomic E-state index is 5.88. The van der Waals surface area contributed by atoms with E-state index in [-0.39, 0.29) is 0 Å². The molecule has 0 bridgehead atoms. The van der Waals surface area contributed by atoms with Crippen LogP contribution in [0.2, 0.25) is 5.02 Å². The van der Waals surface area contributed by atoms with Gasteiger partial charge in [0, 0.05) is 37.0 Å². The maximum atomic E-state index is 5.88. The molecule has 0 radical (unpaired) electrons. The van der Waals surface area contributed by atoms with E-state index in [9.17, 15) is 0 Å². The Morgan fingerprint density at radius 1 is 1.11 bits per heavy atom. The first-order valence-corrected chi connectivity index (χ1v) is 6.30. The summed E-state index contributed by atoms with van der Waals surface area (Å²) >= 11 is 5.88. The Balaban J connectivity index is 2.11. The predicted molar refractivity (Wildman–Crippen MR) is 79.5 cm³/mol. The Bertz CT molecular complexity index is 508. The van der Waals surface area contributed by atoms with Crippen LogP contribution in [0.5, 0.6) is 0 Å². The fourth-order valence-corrected chi connectivity index (χ4v) is 1.98. The SMILES string of the molecule is CNc1cccc(N(C)Cc2ccc(Cl)cc2)c1. The van der Waals surface area contributed by atoms with Gasteiger partial charge >= 0.3 is 0 Å². The molecule has 0 amide bonds. The van der Waals surface area contributed by atoms with Gasteiger partial charge in [0.25, 0.3) is 0 Å². The average molecular weight is 261 g/mol. The second-order valence-corrected chi connectivity index (χ2v) is 4.72. The van der Waals surface area contributed by atoms with Gasteiger partial charge in [0.05, 0.1) is 0 Å². The highest BCUT2D eigenvalue weighted by atomic mass is 35.5. The molecule has 0 heterocycles. The van der Waals surface area contributed by atoms with Gasteiger partial charge in [-0.25, -0.2) is 0 Å². The van der Waals surface area contributed by atoms with Crippen LogP contribution < -0.4 is 10.2 Å². The molecule has 0 fully saturated rings. The van der Waals surface area contributed by atoms with Gasteiger partial charge in [-0.1, -0.05) is 29.8 Å². The molecule has 0 aliphatic rings. The van der Waals surface area contributed by atoms with Gasteiger partial charge in [0.2, 0.25) is 0 Å². The maximum Gasteiger partial charge on any atom is 0.0426 e. The minimum absolute atomic E-state index is 0.776. The molecule has 3 heteroatoms. The molecular formula is C15H17ClN2. The van der Waals surface area contributed by atoms with E-state index in [2.05, 4.69) is 53.7 Å². The molecule has 0 aliphatic carbocycles. The molecule has 2 rings (SSSR count). The van der Waals surface area contributed by atoms with Gasteiger partial charge in [0.15, 0.2) is 0 Å².